The van der Waals surface area contributed by atoms with Gasteiger partial charge < -0.3 is 11.1 Å². The van der Waals surface area contributed by atoms with Crippen molar-refractivity contribution in [2.24, 2.45) is 5.73 Å². The first-order valence-corrected chi connectivity index (χ1v) is 9.93. The average Bonchev–Trinajstić information content (AvgIpc) is 2.62. The number of halogens is 1. The van der Waals surface area contributed by atoms with Gasteiger partial charge in [0, 0.05) is 11.7 Å². The molecule has 0 bridgehead atoms. The minimum Gasteiger partial charge on any atom is -0.324 e. The van der Waals surface area contributed by atoms with Crippen LogP contribution in [0, 0.1) is 0 Å². The maximum absolute atomic E-state index is 12.6. The first-order valence-electron chi connectivity index (χ1n) is 8.45. The lowest BCUT2D eigenvalue weighted by Crippen LogP contribution is -2.45. The average molecular weight is 412 g/mol. The third kappa shape index (κ3) is 5.77. The van der Waals surface area contributed by atoms with Gasteiger partial charge in [0.15, 0.2) is 0 Å². The molecule has 2 atom stereocenters. The van der Waals surface area contributed by atoms with Crippen LogP contribution in [0.3, 0.4) is 0 Å². The Bertz CT molecular complexity index is 871. The third-order valence-electron chi connectivity index (χ3n) is 4.22. The molecule has 0 saturated carbocycles. The number of carbonyl (C=O) groups excluding carboxylic acids is 1. The zero-order valence-corrected chi connectivity index (χ0v) is 17.2. The number of anilines is 1. The molecule has 148 valence electrons. The molecular weight excluding hydrogens is 386 g/mol. The van der Waals surface area contributed by atoms with Gasteiger partial charge in [0.05, 0.1) is 4.90 Å². The van der Waals surface area contributed by atoms with Crippen molar-refractivity contribution >= 4 is 34.0 Å². The summed E-state index contributed by atoms with van der Waals surface area (Å²) in [7, 11) is -3.65. The molecule has 0 saturated heterocycles. The summed E-state index contributed by atoms with van der Waals surface area (Å²) in [5, 5.41) is 2.70. The summed E-state index contributed by atoms with van der Waals surface area (Å²) in [6, 6.07) is 14.9. The van der Waals surface area contributed by atoms with E-state index in [-0.39, 0.29) is 23.3 Å². The zero-order chi connectivity index (χ0) is 19.4. The van der Waals surface area contributed by atoms with Gasteiger partial charge in [-0.1, -0.05) is 43.3 Å². The maximum atomic E-state index is 12.6. The maximum Gasteiger partial charge on any atom is 0.248 e. The number of amides is 1. The van der Waals surface area contributed by atoms with Crippen LogP contribution in [0.2, 0.25) is 0 Å². The Kier molecular flexibility index (Phi) is 7.98. The molecule has 27 heavy (non-hydrogen) atoms. The second-order valence-electron chi connectivity index (χ2n) is 6.48. The normalized spacial score (nSPS) is 14.5. The van der Waals surface area contributed by atoms with E-state index in [1.807, 2.05) is 25.1 Å². The van der Waals surface area contributed by atoms with Crippen molar-refractivity contribution < 1.29 is 13.2 Å². The van der Waals surface area contributed by atoms with Crippen LogP contribution < -0.4 is 15.8 Å². The van der Waals surface area contributed by atoms with Crippen LogP contribution in [0.25, 0.3) is 0 Å². The molecule has 0 radical (unpaired) electrons. The number of sulfonamides is 1. The summed E-state index contributed by atoms with van der Waals surface area (Å²) in [5.74, 6) is -0.423. The van der Waals surface area contributed by atoms with E-state index in [0.29, 0.717) is 17.7 Å². The predicted octanol–water partition coefficient (Wildman–Crippen LogP) is 3.00. The number of carbonyl (C=O) groups is 1. The Balaban J connectivity index is 0.00000364. The lowest BCUT2D eigenvalue weighted by Gasteiger charge is -2.24. The van der Waals surface area contributed by atoms with E-state index < -0.39 is 21.5 Å². The van der Waals surface area contributed by atoms with Crippen LogP contribution in [0.15, 0.2) is 59.5 Å². The topological polar surface area (TPSA) is 101 Å². The quantitative estimate of drug-likeness (QED) is 0.651. The first kappa shape index (κ1) is 23.1. The minimum absolute atomic E-state index is 0. The van der Waals surface area contributed by atoms with Crippen LogP contribution in [-0.4, -0.2) is 20.4 Å². The highest BCUT2D eigenvalue weighted by Gasteiger charge is 2.30. The molecule has 2 rings (SSSR count). The number of hydrogen-bond acceptors (Lipinski definition) is 4. The summed E-state index contributed by atoms with van der Waals surface area (Å²) < 4.78 is 27.4. The van der Waals surface area contributed by atoms with Crippen LogP contribution in [0.4, 0.5) is 5.69 Å². The molecular formula is C19H26ClN3O3S. The minimum atomic E-state index is -3.65. The number of nitrogens with one attached hydrogen (secondary N) is 2. The predicted molar refractivity (Wildman–Crippen MR) is 110 cm³/mol. The van der Waals surface area contributed by atoms with Gasteiger partial charge in [0.2, 0.25) is 15.9 Å². The van der Waals surface area contributed by atoms with Crippen molar-refractivity contribution in [2.45, 2.75) is 43.7 Å². The standard InChI is InChI=1S/C19H25N3O3S.ClH/c1-4-14(2)22-26(24,25)17-12-8-11-16(13-17)21-18(23)19(3,20)15-9-6-5-7-10-15;/h5-14,22H,4,20H2,1-3H3,(H,21,23);1H. The van der Waals surface area contributed by atoms with Gasteiger partial charge in [0.1, 0.15) is 5.54 Å². The van der Waals surface area contributed by atoms with Crippen molar-refractivity contribution in [3.05, 3.63) is 60.2 Å². The molecule has 2 aromatic rings. The molecule has 0 spiro atoms. The van der Waals surface area contributed by atoms with Crippen LogP contribution in [0.1, 0.15) is 32.8 Å². The Morgan fingerprint density at radius 2 is 1.78 bits per heavy atom. The molecule has 0 aromatic heterocycles. The van der Waals surface area contributed by atoms with Crippen molar-refractivity contribution in [2.75, 3.05) is 5.32 Å². The second kappa shape index (κ2) is 9.32. The lowest BCUT2D eigenvalue weighted by atomic mass is 9.92. The fourth-order valence-corrected chi connectivity index (χ4v) is 3.71. The highest BCUT2D eigenvalue weighted by atomic mass is 35.5. The largest absolute Gasteiger partial charge is 0.324 e. The molecule has 0 aliphatic heterocycles. The molecule has 0 fully saturated rings. The lowest BCUT2D eigenvalue weighted by molar-refractivity contribution is -0.120. The monoisotopic (exact) mass is 411 g/mol. The Hall–Kier alpha value is -1.93. The van der Waals surface area contributed by atoms with Crippen LogP contribution in [0.5, 0.6) is 0 Å². The molecule has 1 amide bonds. The third-order valence-corrected chi connectivity index (χ3v) is 5.80. The highest BCUT2D eigenvalue weighted by Crippen LogP contribution is 2.21. The van der Waals surface area contributed by atoms with E-state index in [1.165, 1.54) is 12.1 Å². The van der Waals surface area contributed by atoms with Gasteiger partial charge >= 0.3 is 0 Å². The molecule has 4 N–H and O–H groups in total. The fraction of sp³-hybridized carbons (Fsp3) is 0.316. The van der Waals surface area contributed by atoms with E-state index in [1.54, 1.807) is 38.1 Å². The van der Waals surface area contributed by atoms with E-state index in [0.717, 1.165) is 0 Å². The highest BCUT2D eigenvalue weighted by molar-refractivity contribution is 7.89. The smallest absolute Gasteiger partial charge is 0.248 e. The van der Waals surface area contributed by atoms with Crippen molar-refractivity contribution in [3.8, 4) is 0 Å². The number of rotatable bonds is 7. The van der Waals surface area contributed by atoms with E-state index >= 15 is 0 Å². The molecule has 2 aromatic carbocycles. The Labute approximate surface area is 167 Å². The zero-order valence-electron chi connectivity index (χ0n) is 15.6. The molecule has 0 heterocycles. The van der Waals surface area contributed by atoms with Crippen LogP contribution in [-0.2, 0) is 20.4 Å². The molecule has 8 heteroatoms. The molecule has 6 nitrogen and oxygen atoms in total. The van der Waals surface area contributed by atoms with Gasteiger partial charge in [-0.25, -0.2) is 13.1 Å². The second-order valence-corrected chi connectivity index (χ2v) is 8.19. The van der Waals surface area contributed by atoms with Gasteiger partial charge in [-0.3, -0.25) is 4.79 Å². The van der Waals surface area contributed by atoms with Gasteiger partial charge in [0.25, 0.3) is 0 Å². The number of benzene rings is 2. The van der Waals surface area contributed by atoms with Gasteiger partial charge in [-0.2, -0.15) is 0 Å². The van der Waals surface area contributed by atoms with Crippen LogP contribution >= 0.6 is 12.4 Å². The summed E-state index contributed by atoms with van der Waals surface area (Å²) in [5.41, 5.74) is 5.99. The number of hydrogen-bond donors (Lipinski definition) is 3. The Morgan fingerprint density at radius 3 is 2.37 bits per heavy atom. The first-order chi connectivity index (χ1) is 12.2. The van der Waals surface area contributed by atoms with Gasteiger partial charge in [-0.05, 0) is 44.0 Å². The molecule has 0 aliphatic rings. The van der Waals surface area contributed by atoms with E-state index in [9.17, 15) is 13.2 Å². The Morgan fingerprint density at radius 1 is 1.15 bits per heavy atom. The summed E-state index contributed by atoms with van der Waals surface area (Å²) in [6.07, 6.45) is 0.679. The van der Waals surface area contributed by atoms with Crippen molar-refractivity contribution in [1.29, 1.82) is 0 Å². The summed E-state index contributed by atoms with van der Waals surface area (Å²) >= 11 is 0. The SMILES string of the molecule is CCC(C)NS(=O)(=O)c1cccc(NC(=O)C(C)(N)c2ccccc2)c1.Cl. The van der Waals surface area contributed by atoms with Crippen molar-refractivity contribution in [3.63, 3.8) is 0 Å². The van der Waals surface area contributed by atoms with Crippen molar-refractivity contribution in [1.82, 2.24) is 4.72 Å². The summed E-state index contributed by atoms with van der Waals surface area (Å²) in [6.45, 7) is 5.31. The summed E-state index contributed by atoms with van der Waals surface area (Å²) in [4.78, 5) is 12.7. The molecule has 0 aliphatic carbocycles. The van der Waals surface area contributed by atoms with E-state index in [4.69, 9.17) is 5.73 Å². The van der Waals surface area contributed by atoms with Gasteiger partial charge in [-0.15, -0.1) is 12.4 Å². The van der Waals surface area contributed by atoms with E-state index in [2.05, 4.69) is 10.0 Å². The number of nitrogens with two attached hydrogens (primary N) is 1. The molecule has 2 unspecified atom stereocenters. The fourth-order valence-electron chi connectivity index (χ4n) is 2.33.